The molecule has 3 aliphatic rings. The lowest BCUT2D eigenvalue weighted by atomic mass is 9.83. The highest BCUT2D eigenvalue weighted by Crippen LogP contribution is 2.39. The molecule has 2 aliphatic heterocycles. The lowest BCUT2D eigenvalue weighted by Gasteiger charge is -2.35. The minimum Gasteiger partial charge on any atom is -0.489 e. The minimum absolute atomic E-state index is 0.0617. The summed E-state index contributed by atoms with van der Waals surface area (Å²) in [5.41, 5.74) is 6.74. The first kappa shape index (κ1) is 45.4. The van der Waals surface area contributed by atoms with Gasteiger partial charge in [0.15, 0.2) is 0 Å². The molecule has 3 fully saturated rings. The average Bonchev–Trinajstić information content (AvgIpc) is 3.64. The Labute approximate surface area is 317 Å². The molecule has 20 heteroatoms. The molecule has 0 spiro atoms. The van der Waals surface area contributed by atoms with Crippen molar-refractivity contribution in [1.82, 2.24) is 15.1 Å². The van der Waals surface area contributed by atoms with Gasteiger partial charge in [0.1, 0.15) is 17.7 Å². The van der Waals surface area contributed by atoms with E-state index < -0.39 is 41.6 Å². The molecule has 2 aromatic carbocycles. The Morgan fingerprint density at radius 1 is 0.786 bits per heavy atom. The van der Waals surface area contributed by atoms with E-state index in [9.17, 15) is 45.1 Å². The van der Waals surface area contributed by atoms with Gasteiger partial charge >= 0.3 is 24.3 Å². The van der Waals surface area contributed by atoms with Gasteiger partial charge in [-0.25, -0.2) is 14.0 Å². The third-order valence-corrected chi connectivity index (χ3v) is 8.94. The van der Waals surface area contributed by atoms with Crippen LogP contribution in [0, 0.1) is 5.82 Å². The van der Waals surface area contributed by atoms with Gasteiger partial charge in [0.25, 0.3) is 11.8 Å². The normalized spacial score (nSPS) is 17.8. The number of alkyl halides is 6. The first-order valence-electron chi connectivity index (χ1n) is 17.6. The standard InChI is InChI=1S/C32H42FN5O4.2C2HF3O2/c1-32(2,34)31(41)36-25-17-23(16-24(33)19-25)30(40)38-14-12-37(13-15-38)29(39)22-8-9-28(42-26-10-11-35-20-26)27(18-22)21-6-4-3-5-7-21;2*3-2(4,5)1(6)7/h8-9,16-19,21,26,35H,3-7,10-15,20,34H2,1-2H3,(H,36,41);2*(H,6,7)/t26-;;/m0../s1. The molecule has 0 bridgehead atoms. The molecule has 56 heavy (non-hydrogen) atoms. The number of aliphatic carboxylic acids is 2. The molecule has 1 atom stereocenters. The van der Waals surface area contributed by atoms with E-state index in [0.29, 0.717) is 37.7 Å². The first-order chi connectivity index (χ1) is 26.0. The summed E-state index contributed by atoms with van der Waals surface area (Å²) in [6.45, 7) is 6.27. The van der Waals surface area contributed by atoms with E-state index in [1.54, 1.807) is 23.6 Å². The number of carbonyl (C=O) groups excluding carboxylic acids is 3. The van der Waals surface area contributed by atoms with E-state index in [1.165, 1.54) is 25.3 Å². The van der Waals surface area contributed by atoms with E-state index >= 15 is 0 Å². The summed E-state index contributed by atoms with van der Waals surface area (Å²) in [4.78, 5) is 60.2. The van der Waals surface area contributed by atoms with Crippen LogP contribution in [0.25, 0.3) is 0 Å². The summed E-state index contributed by atoms with van der Waals surface area (Å²) < 4.78 is 84.2. The number of carbonyl (C=O) groups is 5. The quantitative estimate of drug-likeness (QED) is 0.234. The molecule has 1 saturated carbocycles. The van der Waals surface area contributed by atoms with Crippen LogP contribution in [0.4, 0.5) is 36.4 Å². The Kier molecular flexibility index (Phi) is 15.6. The number of carboxylic acids is 2. The van der Waals surface area contributed by atoms with E-state index in [1.807, 2.05) is 18.2 Å². The van der Waals surface area contributed by atoms with Crippen LogP contribution < -0.4 is 21.1 Å². The van der Waals surface area contributed by atoms with E-state index in [2.05, 4.69) is 10.6 Å². The average molecular weight is 808 g/mol. The number of anilines is 1. The number of piperazine rings is 1. The number of nitrogens with one attached hydrogen (secondary N) is 2. The number of carboxylic acid groups (broad SMARTS) is 2. The number of nitrogens with zero attached hydrogens (tertiary/aromatic N) is 2. The van der Waals surface area contributed by atoms with Crippen molar-refractivity contribution in [2.24, 2.45) is 5.73 Å². The molecule has 13 nitrogen and oxygen atoms in total. The second-order valence-corrected chi connectivity index (χ2v) is 13.9. The van der Waals surface area contributed by atoms with Crippen molar-refractivity contribution in [3.63, 3.8) is 0 Å². The van der Waals surface area contributed by atoms with Crippen LogP contribution in [0.3, 0.4) is 0 Å². The fraction of sp³-hybridized carbons (Fsp3) is 0.528. The number of rotatable bonds is 7. The third kappa shape index (κ3) is 13.6. The summed E-state index contributed by atoms with van der Waals surface area (Å²) in [6, 6.07) is 9.60. The fourth-order valence-electron chi connectivity index (χ4n) is 5.98. The van der Waals surface area contributed by atoms with Crippen LogP contribution in [-0.4, -0.2) is 113 Å². The fourth-order valence-corrected chi connectivity index (χ4v) is 5.98. The van der Waals surface area contributed by atoms with Crippen LogP contribution in [0.2, 0.25) is 0 Å². The Morgan fingerprint density at radius 3 is 1.77 bits per heavy atom. The molecule has 2 aromatic rings. The lowest BCUT2D eigenvalue weighted by Crippen LogP contribution is -2.50. The summed E-state index contributed by atoms with van der Waals surface area (Å²) in [7, 11) is 0. The summed E-state index contributed by atoms with van der Waals surface area (Å²) in [5.74, 6) is -5.77. The highest BCUT2D eigenvalue weighted by atomic mass is 19.4. The van der Waals surface area contributed by atoms with Gasteiger partial charge in [-0.2, -0.15) is 26.3 Å². The van der Waals surface area contributed by atoms with Crippen LogP contribution in [-0.2, 0) is 14.4 Å². The van der Waals surface area contributed by atoms with Gasteiger partial charge in [0.2, 0.25) is 5.91 Å². The highest BCUT2D eigenvalue weighted by Gasteiger charge is 2.39. The Morgan fingerprint density at radius 2 is 1.30 bits per heavy atom. The second kappa shape index (κ2) is 19.2. The van der Waals surface area contributed by atoms with Crippen LogP contribution in [0.15, 0.2) is 36.4 Å². The monoisotopic (exact) mass is 807 g/mol. The van der Waals surface area contributed by atoms with Gasteiger partial charge < -0.3 is 41.1 Å². The van der Waals surface area contributed by atoms with Crippen LogP contribution >= 0.6 is 0 Å². The number of benzene rings is 2. The van der Waals surface area contributed by atoms with Crippen molar-refractivity contribution in [3.05, 3.63) is 58.9 Å². The molecular weight excluding hydrogens is 763 g/mol. The molecule has 2 saturated heterocycles. The Hall–Kier alpha value is -4.98. The van der Waals surface area contributed by atoms with Gasteiger partial charge in [-0.05, 0) is 87.5 Å². The van der Waals surface area contributed by atoms with Crippen molar-refractivity contribution >= 4 is 35.3 Å². The molecule has 6 N–H and O–H groups in total. The van der Waals surface area contributed by atoms with Crippen molar-refractivity contribution in [2.75, 3.05) is 44.6 Å². The molecule has 2 heterocycles. The van der Waals surface area contributed by atoms with Gasteiger partial charge in [0, 0.05) is 49.5 Å². The largest absolute Gasteiger partial charge is 0.490 e. The number of ether oxygens (including phenoxy) is 1. The zero-order valence-corrected chi connectivity index (χ0v) is 30.6. The number of hydrogen-bond donors (Lipinski definition) is 5. The third-order valence-electron chi connectivity index (χ3n) is 8.94. The van der Waals surface area contributed by atoms with Crippen LogP contribution in [0.5, 0.6) is 5.75 Å². The number of nitrogens with two attached hydrogens (primary N) is 1. The van der Waals surface area contributed by atoms with Crippen molar-refractivity contribution in [3.8, 4) is 5.75 Å². The molecule has 310 valence electrons. The molecule has 3 amide bonds. The summed E-state index contributed by atoms with van der Waals surface area (Å²) >= 11 is 0. The lowest BCUT2D eigenvalue weighted by molar-refractivity contribution is -0.193. The smallest absolute Gasteiger partial charge is 0.489 e. The molecule has 5 rings (SSSR count). The maximum Gasteiger partial charge on any atom is 0.490 e. The molecule has 0 radical (unpaired) electrons. The Bertz CT molecular complexity index is 1690. The highest BCUT2D eigenvalue weighted by molar-refractivity contribution is 6.00. The van der Waals surface area contributed by atoms with Gasteiger partial charge in [-0.3, -0.25) is 14.4 Å². The van der Waals surface area contributed by atoms with Gasteiger partial charge in [-0.1, -0.05) is 19.3 Å². The number of halogens is 7. The van der Waals surface area contributed by atoms with Crippen molar-refractivity contribution in [2.45, 2.75) is 82.3 Å². The van der Waals surface area contributed by atoms with Crippen molar-refractivity contribution < 1.29 is 69.7 Å². The molecular formula is C36H44F7N5O8. The topological polar surface area (TPSA) is 192 Å². The van der Waals surface area contributed by atoms with E-state index in [4.69, 9.17) is 30.3 Å². The number of hydrogen-bond acceptors (Lipinski definition) is 8. The van der Waals surface area contributed by atoms with Crippen LogP contribution in [0.1, 0.15) is 84.6 Å². The van der Waals surface area contributed by atoms with E-state index in [-0.39, 0.29) is 29.2 Å². The maximum absolute atomic E-state index is 14.3. The predicted octanol–water partition coefficient (Wildman–Crippen LogP) is 5.15. The van der Waals surface area contributed by atoms with Gasteiger partial charge in [-0.15, -0.1) is 0 Å². The van der Waals surface area contributed by atoms with E-state index in [0.717, 1.165) is 55.8 Å². The predicted molar refractivity (Wildman–Crippen MR) is 187 cm³/mol. The molecule has 0 unspecified atom stereocenters. The summed E-state index contributed by atoms with van der Waals surface area (Å²) in [6.07, 6.45) is -3.21. The summed E-state index contributed by atoms with van der Waals surface area (Å²) in [5, 5.41) is 20.2. The maximum atomic E-state index is 14.3. The second-order valence-electron chi connectivity index (χ2n) is 13.9. The zero-order valence-electron chi connectivity index (χ0n) is 30.6. The zero-order chi connectivity index (χ0) is 42.0. The number of amides is 3. The minimum atomic E-state index is -5.08. The molecule has 1 aliphatic carbocycles. The van der Waals surface area contributed by atoms with Gasteiger partial charge in [0.05, 0.1) is 5.54 Å². The Balaban J connectivity index is 0.000000512. The SMILES string of the molecule is CC(C)(N)C(=O)Nc1cc(F)cc(C(=O)N2CCN(C(=O)c3ccc(O[C@H]4CCNC4)c(C4CCCCC4)c3)CC2)c1.O=C(O)C(F)(F)F.O=C(O)C(F)(F)F. The van der Waals surface area contributed by atoms with Crippen molar-refractivity contribution in [1.29, 1.82) is 0 Å². The first-order valence-corrected chi connectivity index (χ1v) is 17.6. The molecule has 0 aromatic heterocycles.